The van der Waals surface area contributed by atoms with Crippen molar-refractivity contribution in [2.75, 3.05) is 13.7 Å². The van der Waals surface area contributed by atoms with Crippen LogP contribution in [0.4, 0.5) is 0 Å². The minimum Gasteiger partial charge on any atom is -0.382 e. The van der Waals surface area contributed by atoms with Gasteiger partial charge in [-0.05, 0) is 32.7 Å². The predicted octanol–water partition coefficient (Wildman–Crippen LogP) is 2.87. The Labute approximate surface area is 109 Å². The number of rotatable bonds is 9. The number of aromatic nitrogens is 1. The van der Waals surface area contributed by atoms with Crippen LogP contribution in [0, 0.1) is 0 Å². The number of methoxy groups -OCH3 is 1. The molecule has 0 saturated heterocycles. The van der Waals surface area contributed by atoms with E-state index in [-0.39, 0.29) is 0 Å². The van der Waals surface area contributed by atoms with Gasteiger partial charge in [0.15, 0.2) is 0 Å². The van der Waals surface area contributed by atoms with Crippen molar-refractivity contribution < 1.29 is 4.74 Å². The standard InChI is InChI=1S/C13H24N2OS/c1-4-7-14-12(6-5-11(2)16-3)10-13-15-8-9-17-13/h8-9,11-12,14H,4-7,10H2,1-3H3. The molecule has 1 aromatic rings. The molecule has 0 saturated carbocycles. The zero-order valence-corrected chi connectivity index (χ0v) is 11.9. The third-order valence-electron chi connectivity index (χ3n) is 2.91. The summed E-state index contributed by atoms with van der Waals surface area (Å²) in [6.07, 6.45) is 6.69. The molecule has 98 valence electrons. The average Bonchev–Trinajstić information content (AvgIpc) is 2.84. The first-order valence-electron chi connectivity index (χ1n) is 6.40. The summed E-state index contributed by atoms with van der Waals surface area (Å²) in [5, 5.41) is 6.87. The molecule has 1 aromatic heterocycles. The summed E-state index contributed by atoms with van der Waals surface area (Å²) in [6.45, 7) is 5.41. The fourth-order valence-electron chi connectivity index (χ4n) is 1.74. The summed E-state index contributed by atoms with van der Waals surface area (Å²) in [6, 6.07) is 0.527. The highest BCUT2D eigenvalue weighted by molar-refractivity contribution is 7.09. The van der Waals surface area contributed by atoms with Crippen LogP contribution in [0.3, 0.4) is 0 Å². The maximum Gasteiger partial charge on any atom is 0.0940 e. The van der Waals surface area contributed by atoms with Crippen molar-refractivity contribution in [1.82, 2.24) is 10.3 Å². The van der Waals surface area contributed by atoms with E-state index in [1.807, 2.05) is 11.6 Å². The highest BCUT2D eigenvalue weighted by Gasteiger charge is 2.12. The first-order chi connectivity index (χ1) is 8.26. The van der Waals surface area contributed by atoms with Crippen LogP contribution in [0.2, 0.25) is 0 Å². The van der Waals surface area contributed by atoms with Gasteiger partial charge in [0.1, 0.15) is 0 Å². The summed E-state index contributed by atoms with van der Waals surface area (Å²) < 4.78 is 5.30. The highest BCUT2D eigenvalue weighted by atomic mass is 32.1. The van der Waals surface area contributed by atoms with Gasteiger partial charge in [-0.2, -0.15) is 0 Å². The van der Waals surface area contributed by atoms with E-state index >= 15 is 0 Å². The SMILES string of the molecule is CCCNC(CCC(C)OC)Cc1nccs1. The summed E-state index contributed by atoms with van der Waals surface area (Å²) in [5.41, 5.74) is 0. The van der Waals surface area contributed by atoms with E-state index in [1.54, 1.807) is 18.4 Å². The Balaban J connectivity index is 2.37. The summed E-state index contributed by atoms with van der Waals surface area (Å²) >= 11 is 1.74. The Morgan fingerprint density at radius 1 is 1.47 bits per heavy atom. The number of ether oxygens (including phenoxy) is 1. The monoisotopic (exact) mass is 256 g/mol. The van der Waals surface area contributed by atoms with Gasteiger partial charge in [-0.15, -0.1) is 11.3 Å². The summed E-state index contributed by atoms with van der Waals surface area (Å²) in [7, 11) is 1.78. The molecule has 0 aliphatic rings. The van der Waals surface area contributed by atoms with E-state index in [9.17, 15) is 0 Å². The Hall–Kier alpha value is -0.450. The molecular weight excluding hydrogens is 232 g/mol. The first-order valence-corrected chi connectivity index (χ1v) is 7.28. The van der Waals surface area contributed by atoms with Gasteiger partial charge in [-0.3, -0.25) is 0 Å². The van der Waals surface area contributed by atoms with E-state index in [0.29, 0.717) is 12.1 Å². The Kier molecular flexibility index (Phi) is 7.40. The molecule has 1 N–H and O–H groups in total. The minimum atomic E-state index is 0.345. The van der Waals surface area contributed by atoms with Gasteiger partial charge in [-0.1, -0.05) is 6.92 Å². The zero-order valence-electron chi connectivity index (χ0n) is 11.1. The van der Waals surface area contributed by atoms with Crippen molar-refractivity contribution >= 4 is 11.3 Å². The molecule has 1 rings (SSSR count). The molecule has 0 bridgehead atoms. The van der Waals surface area contributed by atoms with Gasteiger partial charge in [0, 0.05) is 31.1 Å². The first kappa shape index (κ1) is 14.6. The summed E-state index contributed by atoms with van der Waals surface area (Å²) in [4.78, 5) is 4.36. The molecule has 1 heterocycles. The van der Waals surface area contributed by atoms with Gasteiger partial charge in [0.05, 0.1) is 11.1 Å². The molecule has 3 nitrogen and oxygen atoms in total. The molecule has 2 unspecified atom stereocenters. The van der Waals surface area contributed by atoms with E-state index in [0.717, 1.165) is 25.8 Å². The molecule has 0 aromatic carbocycles. The summed E-state index contributed by atoms with van der Waals surface area (Å²) in [5.74, 6) is 0. The van der Waals surface area contributed by atoms with E-state index in [4.69, 9.17) is 4.74 Å². The molecule has 0 aliphatic carbocycles. The van der Waals surface area contributed by atoms with Gasteiger partial charge in [-0.25, -0.2) is 4.98 Å². The number of hydrogen-bond donors (Lipinski definition) is 1. The predicted molar refractivity (Wildman–Crippen MR) is 73.6 cm³/mol. The van der Waals surface area contributed by atoms with Crippen LogP contribution in [0.1, 0.15) is 38.1 Å². The second kappa shape index (κ2) is 8.61. The molecular formula is C13H24N2OS. The van der Waals surface area contributed by atoms with Crippen molar-refractivity contribution in [3.05, 3.63) is 16.6 Å². The number of hydrogen-bond acceptors (Lipinski definition) is 4. The van der Waals surface area contributed by atoms with Crippen molar-refractivity contribution in [2.45, 2.75) is 51.7 Å². The van der Waals surface area contributed by atoms with Crippen molar-refractivity contribution in [3.63, 3.8) is 0 Å². The van der Waals surface area contributed by atoms with Gasteiger partial charge >= 0.3 is 0 Å². The molecule has 17 heavy (non-hydrogen) atoms. The van der Waals surface area contributed by atoms with Gasteiger partial charge < -0.3 is 10.1 Å². The highest BCUT2D eigenvalue weighted by Crippen LogP contribution is 2.12. The topological polar surface area (TPSA) is 34.1 Å². The van der Waals surface area contributed by atoms with Crippen LogP contribution >= 0.6 is 11.3 Å². The smallest absolute Gasteiger partial charge is 0.0940 e. The Morgan fingerprint density at radius 3 is 2.88 bits per heavy atom. The molecule has 0 spiro atoms. The van der Waals surface area contributed by atoms with Crippen LogP contribution in [-0.4, -0.2) is 30.8 Å². The van der Waals surface area contributed by atoms with Crippen LogP contribution in [0.25, 0.3) is 0 Å². The van der Waals surface area contributed by atoms with Crippen LogP contribution < -0.4 is 5.32 Å². The number of nitrogens with one attached hydrogen (secondary N) is 1. The quantitative estimate of drug-likeness (QED) is 0.737. The number of nitrogens with zero attached hydrogens (tertiary/aromatic N) is 1. The molecule has 0 aliphatic heterocycles. The van der Waals surface area contributed by atoms with Crippen molar-refractivity contribution in [1.29, 1.82) is 0 Å². The lowest BCUT2D eigenvalue weighted by atomic mass is 10.1. The average molecular weight is 256 g/mol. The number of thiazole rings is 1. The van der Waals surface area contributed by atoms with E-state index in [1.165, 1.54) is 11.4 Å². The van der Waals surface area contributed by atoms with Crippen LogP contribution in [0.5, 0.6) is 0 Å². The molecule has 0 radical (unpaired) electrons. The second-order valence-corrected chi connectivity index (χ2v) is 5.38. The van der Waals surface area contributed by atoms with Crippen molar-refractivity contribution in [3.8, 4) is 0 Å². The second-order valence-electron chi connectivity index (χ2n) is 4.40. The third kappa shape index (κ3) is 6.15. The largest absolute Gasteiger partial charge is 0.382 e. The molecule has 0 amide bonds. The molecule has 0 fully saturated rings. The zero-order chi connectivity index (χ0) is 12.5. The van der Waals surface area contributed by atoms with E-state index in [2.05, 4.69) is 24.1 Å². The Bertz CT molecular complexity index is 277. The van der Waals surface area contributed by atoms with E-state index < -0.39 is 0 Å². The lowest BCUT2D eigenvalue weighted by Crippen LogP contribution is -2.32. The lowest BCUT2D eigenvalue weighted by Gasteiger charge is -2.19. The fraction of sp³-hybridized carbons (Fsp3) is 0.769. The minimum absolute atomic E-state index is 0.345. The molecule has 4 heteroatoms. The maximum absolute atomic E-state index is 5.30. The van der Waals surface area contributed by atoms with Gasteiger partial charge in [0.2, 0.25) is 0 Å². The van der Waals surface area contributed by atoms with Crippen LogP contribution in [0.15, 0.2) is 11.6 Å². The third-order valence-corrected chi connectivity index (χ3v) is 3.71. The fourth-order valence-corrected chi connectivity index (χ4v) is 2.44. The lowest BCUT2D eigenvalue weighted by molar-refractivity contribution is 0.106. The van der Waals surface area contributed by atoms with Crippen molar-refractivity contribution in [2.24, 2.45) is 0 Å². The molecule has 2 atom stereocenters. The maximum atomic E-state index is 5.30. The van der Waals surface area contributed by atoms with Gasteiger partial charge in [0.25, 0.3) is 0 Å². The Morgan fingerprint density at radius 2 is 2.29 bits per heavy atom. The van der Waals surface area contributed by atoms with Crippen LogP contribution in [-0.2, 0) is 11.2 Å². The normalized spacial score (nSPS) is 14.8.